The summed E-state index contributed by atoms with van der Waals surface area (Å²) in [6, 6.07) is 7.72. The lowest BCUT2D eigenvalue weighted by Gasteiger charge is -2.23. The Labute approximate surface area is 108 Å². The number of phenolic OH excluding ortho intramolecular Hbond substituents is 1. The van der Waals surface area contributed by atoms with Gasteiger partial charge in [-0.3, -0.25) is 0 Å². The molecule has 2 heteroatoms. The summed E-state index contributed by atoms with van der Waals surface area (Å²) in [6.45, 7) is 1.95. The Balaban J connectivity index is 2.02. The van der Waals surface area contributed by atoms with Crippen molar-refractivity contribution in [2.45, 2.75) is 25.2 Å². The molecule has 1 heterocycles. The van der Waals surface area contributed by atoms with E-state index >= 15 is 0 Å². The molecule has 1 unspecified atom stereocenters. The van der Waals surface area contributed by atoms with Crippen molar-refractivity contribution in [2.24, 2.45) is 0 Å². The van der Waals surface area contributed by atoms with Crippen LogP contribution in [0.2, 0.25) is 0 Å². The van der Waals surface area contributed by atoms with E-state index in [2.05, 4.69) is 17.5 Å². The third kappa shape index (κ3) is 2.08. The molecule has 2 N–H and O–H groups in total. The first-order chi connectivity index (χ1) is 8.86. The summed E-state index contributed by atoms with van der Waals surface area (Å²) < 4.78 is 0. The Bertz CT molecular complexity index is 502. The smallest absolute Gasteiger partial charge is 0.119 e. The van der Waals surface area contributed by atoms with Crippen LogP contribution in [0.15, 0.2) is 47.6 Å². The third-order valence-corrected chi connectivity index (χ3v) is 3.90. The maximum atomic E-state index is 10.1. The van der Waals surface area contributed by atoms with E-state index < -0.39 is 0 Å². The lowest BCUT2D eigenvalue weighted by molar-refractivity contribution is 0.463. The van der Waals surface area contributed by atoms with Gasteiger partial charge in [0, 0.05) is 18.0 Å². The van der Waals surface area contributed by atoms with Crippen LogP contribution in [0.1, 0.15) is 30.7 Å². The fraction of sp³-hybridized carbons (Fsp3) is 0.375. The van der Waals surface area contributed by atoms with Gasteiger partial charge in [0.1, 0.15) is 5.75 Å². The highest BCUT2D eigenvalue weighted by atomic mass is 16.3. The van der Waals surface area contributed by atoms with Crippen LogP contribution in [0, 0.1) is 0 Å². The average Bonchev–Trinajstić information content (AvgIpc) is 2.62. The van der Waals surface area contributed by atoms with Gasteiger partial charge in [0.2, 0.25) is 0 Å². The van der Waals surface area contributed by atoms with Crippen molar-refractivity contribution in [3.8, 4) is 5.75 Å². The van der Waals surface area contributed by atoms with Gasteiger partial charge in [-0.2, -0.15) is 0 Å². The zero-order valence-corrected chi connectivity index (χ0v) is 10.5. The number of nitrogens with one attached hydrogen (secondary N) is 1. The van der Waals surface area contributed by atoms with Crippen LogP contribution in [0.3, 0.4) is 0 Å². The predicted molar refractivity (Wildman–Crippen MR) is 73.7 cm³/mol. The molecule has 0 radical (unpaired) electrons. The van der Waals surface area contributed by atoms with Gasteiger partial charge < -0.3 is 10.4 Å². The van der Waals surface area contributed by atoms with Gasteiger partial charge in [-0.05, 0) is 43.0 Å². The van der Waals surface area contributed by atoms with Crippen molar-refractivity contribution >= 4 is 0 Å². The van der Waals surface area contributed by atoms with Crippen LogP contribution in [0.5, 0.6) is 5.75 Å². The fourth-order valence-corrected chi connectivity index (χ4v) is 3.00. The van der Waals surface area contributed by atoms with E-state index in [4.69, 9.17) is 0 Å². The van der Waals surface area contributed by atoms with Crippen molar-refractivity contribution in [1.82, 2.24) is 5.32 Å². The first-order valence-electron chi connectivity index (χ1n) is 6.74. The maximum absolute atomic E-state index is 10.1. The SMILES string of the molecule is Oc1ccccc1C1CNCCC2=CCCC=C21. The van der Waals surface area contributed by atoms with Gasteiger partial charge in [-0.25, -0.2) is 0 Å². The number of allylic oxidation sites excluding steroid dienone is 2. The van der Waals surface area contributed by atoms with Crippen LogP contribution < -0.4 is 5.32 Å². The number of benzene rings is 1. The molecule has 2 nitrogen and oxygen atoms in total. The number of rotatable bonds is 1. The van der Waals surface area contributed by atoms with E-state index in [-0.39, 0.29) is 0 Å². The molecule has 1 saturated heterocycles. The molecule has 1 atom stereocenters. The minimum Gasteiger partial charge on any atom is -0.508 e. The normalized spacial score (nSPS) is 23.7. The van der Waals surface area contributed by atoms with Crippen molar-refractivity contribution in [2.75, 3.05) is 13.1 Å². The quantitative estimate of drug-likeness (QED) is 0.791. The minimum atomic E-state index is 0.292. The van der Waals surface area contributed by atoms with E-state index in [1.54, 1.807) is 6.07 Å². The van der Waals surface area contributed by atoms with E-state index in [1.807, 2.05) is 18.2 Å². The van der Waals surface area contributed by atoms with Gasteiger partial charge in [-0.1, -0.05) is 30.4 Å². The Morgan fingerprint density at radius 2 is 1.94 bits per heavy atom. The highest BCUT2D eigenvalue weighted by Crippen LogP contribution is 2.38. The molecule has 0 amide bonds. The summed E-state index contributed by atoms with van der Waals surface area (Å²) in [5.41, 5.74) is 3.94. The number of phenols is 1. The molecule has 0 spiro atoms. The highest BCUT2D eigenvalue weighted by molar-refractivity contribution is 5.48. The second kappa shape index (κ2) is 4.99. The molecule has 1 aliphatic carbocycles. The molecule has 1 fully saturated rings. The molecule has 3 rings (SSSR count). The Morgan fingerprint density at radius 3 is 2.83 bits per heavy atom. The van der Waals surface area contributed by atoms with Gasteiger partial charge in [0.25, 0.3) is 0 Å². The average molecular weight is 241 g/mol. The van der Waals surface area contributed by atoms with Crippen molar-refractivity contribution in [3.63, 3.8) is 0 Å². The molecule has 1 aliphatic heterocycles. The standard InChI is InChI=1S/C16H19NO/c18-16-8-4-3-7-14(16)15-11-17-10-9-12-5-1-2-6-13(12)15/h3-8,15,17-18H,1-2,9-11H2. The van der Waals surface area contributed by atoms with Crippen LogP contribution in [0.25, 0.3) is 0 Å². The molecule has 18 heavy (non-hydrogen) atoms. The highest BCUT2D eigenvalue weighted by Gasteiger charge is 2.25. The molecule has 0 saturated carbocycles. The minimum absolute atomic E-state index is 0.292. The van der Waals surface area contributed by atoms with E-state index in [9.17, 15) is 5.11 Å². The molecule has 2 aliphatic rings. The summed E-state index contributed by atoms with van der Waals surface area (Å²) in [6.07, 6.45) is 8.12. The molecule has 0 bridgehead atoms. The monoisotopic (exact) mass is 241 g/mol. The van der Waals surface area contributed by atoms with E-state index in [0.717, 1.165) is 37.9 Å². The molecular formula is C16H19NO. The first kappa shape index (κ1) is 11.5. The van der Waals surface area contributed by atoms with Crippen molar-refractivity contribution < 1.29 is 5.11 Å². The summed E-state index contributed by atoms with van der Waals surface area (Å²) in [5.74, 6) is 0.706. The van der Waals surface area contributed by atoms with Crippen LogP contribution >= 0.6 is 0 Å². The molecule has 1 aromatic carbocycles. The van der Waals surface area contributed by atoms with Gasteiger partial charge in [0.05, 0.1) is 0 Å². The van der Waals surface area contributed by atoms with E-state index in [0.29, 0.717) is 11.7 Å². The van der Waals surface area contributed by atoms with Gasteiger partial charge in [0.15, 0.2) is 0 Å². The largest absolute Gasteiger partial charge is 0.508 e. The van der Waals surface area contributed by atoms with Crippen LogP contribution in [0.4, 0.5) is 0 Å². The fourth-order valence-electron chi connectivity index (χ4n) is 3.00. The predicted octanol–water partition coefficient (Wildman–Crippen LogP) is 3.12. The summed E-state index contributed by atoms with van der Waals surface area (Å²) in [5, 5.41) is 13.6. The summed E-state index contributed by atoms with van der Waals surface area (Å²) in [7, 11) is 0. The molecule has 1 aromatic rings. The second-order valence-electron chi connectivity index (χ2n) is 5.03. The Kier molecular flexibility index (Phi) is 3.20. The van der Waals surface area contributed by atoms with Crippen LogP contribution in [-0.2, 0) is 0 Å². The molecule has 0 aromatic heterocycles. The lowest BCUT2D eigenvalue weighted by Crippen LogP contribution is -2.20. The zero-order valence-electron chi connectivity index (χ0n) is 10.5. The number of hydrogen-bond donors (Lipinski definition) is 2. The Morgan fingerprint density at radius 1 is 1.11 bits per heavy atom. The molecular weight excluding hydrogens is 222 g/mol. The Hall–Kier alpha value is -1.54. The summed E-state index contributed by atoms with van der Waals surface area (Å²) in [4.78, 5) is 0. The number of aromatic hydroxyl groups is 1. The molecule has 94 valence electrons. The summed E-state index contributed by atoms with van der Waals surface area (Å²) >= 11 is 0. The van der Waals surface area contributed by atoms with Crippen molar-refractivity contribution in [1.29, 1.82) is 0 Å². The van der Waals surface area contributed by atoms with E-state index in [1.165, 1.54) is 11.1 Å². The maximum Gasteiger partial charge on any atom is 0.119 e. The van der Waals surface area contributed by atoms with Crippen LogP contribution in [-0.4, -0.2) is 18.2 Å². The number of fused-ring (bicyclic) bond motifs is 1. The number of para-hydroxylation sites is 1. The second-order valence-corrected chi connectivity index (χ2v) is 5.03. The topological polar surface area (TPSA) is 32.3 Å². The number of hydrogen-bond acceptors (Lipinski definition) is 2. The van der Waals surface area contributed by atoms with Gasteiger partial charge >= 0.3 is 0 Å². The third-order valence-electron chi connectivity index (χ3n) is 3.90. The zero-order chi connectivity index (χ0) is 12.4. The van der Waals surface area contributed by atoms with Gasteiger partial charge in [-0.15, -0.1) is 0 Å². The lowest BCUT2D eigenvalue weighted by atomic mass is 9.83. The van der Waals surface area contributed by atoms with Crippen molar-refractivity contribution in [3.05, 3.63) is 53.1 Å². The first-order valence-corrected chi connectivity index (χ1v) is 6.74.